The van der Waals surface area contributed by atoms with Gasteiger partial charge in [0.2, 0.25) is 10.0 Å². The molecule has 0 saturated carbocycles. The highest BCUT2D eigenvalue weighted by Crippen LogP contribution is 2.16. The van der Waals surface area contributed by atoms with Crippen LogP contribution < -0.4 is 5.14 Å². The molecule has 0 fully saturated rings. The first kappa shape index (κ1) is 12.0. The van der Waals surface area contributed by atoms with Crippen molar-refractivity contribution in [1.82, 2.24) is 9.97 Å². The Bertz CT molecular complexity index is 429. The van der Waals surface area contributed by atoms with E-state index in [0.717, 1.165) is 5.56 Å². The molecule has 7 heteroatoms. The highest BCUT2D eigenvalue weighted by Gasteiger charge is 2.27. The molecule has 0 spiro atoms. The van der Waals surface area contributed by atoms with Crippen molar-refractivity contribution in [3.8, 4) is 0 Å². The average molecular weight is 231 g/mol. The van der Waals surface area contributed by atoms with Gasteiger partial charge in [0.15, 0.2) is 5.82 Å². The topological polar surface area (TPSA) is 106 Å². The number of aliphatic hydroxyl groups is 1. The van der Waals surface area contributed by atoms with E-state index >= 15 is 0 Å². The first-order valence-electron chi connectivity index (χ1n) is 4.30. The number of primary sulfonamides is 1. The zero-order chi connectivity index (χ0) is 11.6. The van der Waals surface area contributed by atoms with E-state index in [0.29, 0.717) is 0 Å². The molecule has 0 aliphatic carbocycles. The molecular weight excluding hydrogens is 218 g/mol. The third-order valence-electron chi connectivity index (χ3n) is 2.03. The molecule has 15 heavy (non-hydrogen) atoms. The Labute approximate surface area is 88.2 Å². The van der Waals surface area contributed by atoms with Gasteiger partial charge in [0, 0.05) is 12.4 Å². The van der Waals surface area contributed by atoms with E-state index in [1.807, 2.05) is 0 Å². The van der Waals surface area contributed by atoms with Gasteiger partial charge in [0.05, 0.1) is 0 Å². The number of sulfonamides is 1. The highest BCUT2D eigenvalue weighted by molar-refractivity contribution is 7.89. The fourth-order valence-corrected chi connectivity index (χ4v) is 1.43. The molecule has 0 amide bonds. The van der Waals surface area contributed by atoms with E-state index in [1.165, 1.54) is 19.3 Å². The summed E-state index contributed by atoms with van der Waals surface area (Å²) in [6.07, 6.45) is 1.70. The molecule has 0 aliphatic heterocycles. The number of nitrogens with zero attached hydrogens (tertiary/aromatic N) is 2. The first-order valence-corrected chi connectivity index (χ1v) is 5.91. The van der Waals surface area contributed by atoms with Gasteiger partial charge in [0.1, 0.15) is 11.4 Å². The highest BCUT2D eigenvalue weighted by atomic mass is 32.2. The molecule has 0 unspecified atom stereocenters. The van der Waals surface area contributed by atoms with Gasteiger partial charge in [-0.1, -0.05) is 0 Å². The van der Waals surface area contributed by atoms with Gasteiger partial charge in [-0.2, -0.15) is 0 Å². The van der Waals surface area contributed by atoms with Crippen LogP contribution in [0.3, 0.4) is 0 Å². The monoisotopic (exact) mass is 231 g/mol. The van der Waals surface area contributed by atoms with Gasteiger partial charge in [-0.25, -0.2) is 23.5 Å². The Hall–Kier alpha value is -1.05. The number of aromatic nitrogens is 2. The minimum absolute atomic E-state index is 0.0575. The minimum atomic E-state index is -3.79. The SMILES string of the molecule is Cc1cnc([C@H](O)[C@H](C)S(N)(=O)=O)nc1. The van der Waals surface area contributed by atoms with Gasteiger partial charge in [-0.15, -0.1) is 0 Å². The Morgan fingerprint density at radius 2 is 1.87 bits per heavy atom. The number of hydrogen-bond acceptors (Lipinski definition) is 5. The quantitative estimate of drug-likeness (QED) is 0.729. The third kappa shape index (κ3) is 2.95. The predicted molar refractivity (Wildman–Crippen MR) is 54.3 cm³/mol. The van der Waals surface area contributed by atoms with Crippen LogP contribution in [-0.4, -0.2) is 28.7 Å². The minimum Gasteiger partial charge on any atom is -0.384 e. The number of hydrogen-bond donors (Lipinski definition) is 2. The standard InChI is InChI=1S/C8H13N3O3S/c1-5-3-10-8(11-4-5)7(12)6(2)15(9,13)14/h3-4,6-7,12H,1-2H3,(H2,9,13,14)/t6-,7+/m0/s1. The summed E-state index contributed by atoms with van der Waals surface area (Å²) in [5.41, 5.74) is 0.828. The fraction of sp³-hybridized carbons (Fsp3) is 0.500. The molecule has 6 nitrogen and oxygen atoms in total. The lowest BCUT2D eigenvalue weighted by atomic mass is 10.2. The molecule has 0 aromatic carbocycles. The van der Waals surface area contributed by atoms with Crippen molar-refractivity contribution in [2.24, 2.45) is 5.14 Å². The molecule has 3 N–H and O–H groups in total. The second kappa shape index (κ2) is 4.21. The van der Waals surface area contributed by atoms with Gasteiger partial charge < -0.3 is 5.11 Å². The van der Waals surface area contributed by atoms with E-state index in [9.17, 15) is 13.5 Å². The summed E-state index contributed by atoms with van der Waals surface area (Å²) in [7, 11) is -3.79. The van der Waals surface area contributed by atoms with Crippen molar-refractivity contribution in [3.63, 3.8) is 0 Å². The van der Waals surface area contributed by atoms with Crippen LogP contribution in [0.1, 0.15) is 24.4 Å². The second-order valence-corrected chi connectivity index (χ2v) is 5.28. The van der Waals surface area contributed by atoms with Gasteiger partial charge >= 0.3 is 0 Å². The second-order valence-electron chi connectivity index (χ2n) is 3.36. The van der Waals surface area contributed by atoms with E-state index in [2.05, 4.69) is 9.97 Å². The van der Waals surface area contributed by atoms with Crippen molar-refractivity contribution in [3.05, 3.63) is 23.8 Å². The summed E-state index contributed by atoms with van der Waals surface area (Å²) in [5, 5.41) is 13.4. The van der Waals surface area contributed by atoms with Crippen molar-refractivity contribution in [1.29, 1.82) is 0 Å². The molecule has 0 aliphatic rings. The summed E-state index contributed by atoms with van der Waals surface area (Å²) in [4.78, 5) is 7.66. The largest absolute Gasteiger partial charge is 0.384 e. The van der Waals surface area contributed by atoms with E-state index < -0.39 is 21.4 Å². The van der Waals surface area contributed by atoms with Crippen LogP contribution in [0.5, 0.6) is 0 Å². The maximum atomic E-state index is 11.0. The lowest BCUT2D eigenvalue weighted by Gasteiger charge is -2.15. The molecule has 0 bridgehead atoms. The van der Waals surface area contributed by atoms with Crippen molar-refractivity contribution in [2.75, 3.05) is 0 Å². The zero-order valence-corrected chi connectivity index (χ0v) is 9.27. The lowest BCUT2D eigenvalue weighted by molar-refractivity contribution is 0.166. The number of rotatable bonds is 3. The zero-order valence-electron chi connectivity index (χ0n) is 8.45. The molecule has 0 saturated heterocycles. The Kier molecular flexibility index (Phi) is 3.38. The van der Waals surface area contributed by atoms with Crippen LogP contribution in [0.2, 0.25) is 0 Å². The Morgan fingerprint density at radius 1 is 1.40 bits per heavy atom. The van der Waals surface area contributed by atoms with Crippen LogP contribution in [0.25, 0.3) is 0 Å². The van der Waals surface area contributed by atoms with Crippen molar-refractivity contribution >= 4 is 10.0 Å². The number of aryl methyl sites for hydroxylation is 1. The van der Waals surface area contributed by atoms with Crippen LogP contribution in [0.15, 0.2) is 12.4 Å². The van der Waals surface area contributed by atoms with Gasteiger partial charge in [0.25, 0.3) is 0 Å². The molecule has 1 aromatic heterocycles. The maximum Gasteiger partial charge on any atom is 0.214 e. The van der Waals surface area contributed by atoms with E-state index in [1.54, 1.807) is 6.92 Å². The lowest BCUT2D eigenvalue weighted by Crippen LogP contribution is -2.32. The summed E-state index contributed by atoms with van der Waals surface area (Å²) >= 11 is 0. The third-order valence-corrected chi connectivity index (χ3v) is 3.32. The molecule has 1 aromatic rings. The molecule has 84 valence electrons. The summed E-state index contributed by atoms with van der Waals surface area (Å²) in [6, 6.07) is 0. The normalized spacial score (nSPS) is 16.0. The molecular formula is C8H13N3O3S. The van der Waals surface area contributed by atoms with E-state index in [-0.39, 0.29) is 5.82 Å². The average Bonchev–Trinajstić information content (AvgIpc) is 2.15. The summed E-state index contributed by atoms with van der Waals surface area (Å²) in [6.45, 7) is 3.10. The van der Waals surface area contributed by atoms with Gasteiger partial charge in [-0.3, -0.25) is 0 Å². The summed E-state index contributed by atoms with van der Waals surface area (Å²) < 4.78 is 22.0. The van der Waals surface area contributed by atoms with E-state index in [4.69, 9.17) is 5.14 Å². The molecule has 1 heterocycles. The molecule has 1 rings (SSSR count). The Balaban J connectivity index is 2.95. The van der Waals surface area contributed by atoms with Crippen LogP contribution in [0.4, 0.5) is 0 Å². The smallest absolute Gasteiger partial charge is 0.214 e. The van der Waals surface area contributed by atoms with Crippen LogP contribution >= 0.6 is 0 Å². The fourth-order valence-electron chi connectivity index (χ4n) is 0.945. The number of aliphatic hydroxyl groups excluding tert-OH is 1. The predicted octanol–water partition coefficient (Wildman–Crippen LogP) is -0.505. The maximum absolute atomic E-state index is 11.0. The van der Waals surface area contributed by atoms with Crippen LogP contribution in [0, 0.1) is 6.92 Å². The van der Waals surface area contributed by atoms with Crippen molar-refractivity contribution < 1.29 is 13.5 Å². The number of nitrogens with two attached hydrogens (primary N) is 1. The molecule has 2 atom stereocenters. The van der Waals surface area contributed by atoms with Crippen molar-refractivity contribution in [2.45, 2.75) is 25.2 Å². The summed E-state index contributed by atoms with van der Waals surface area (Å²) in [5.74, 6) is 0.0575. The van der Waals surface area contributed by atoms with Crippen LogP contribution in [-0.2, 0) is 10.0 Å². The molecule has 0 radical (unpaired) electrons. The first-order chi connectivity index (χ1) is 6.82. The van der Waals surface area contributed by atoms with Gasteiger partial charge in [-0.05, 0) is 19.4 Å². The Morgan fingerprint density at radius 3 is 2.27 bits per heavy atom.